The molecule has 1 aliphatic carbocycles. The van der Waals surface area contributed by atoms with E-state index in [0.717, 1.165) is 69.8 Å². The fourth-order valence-corrected chi connectivity index (χ4v) is 4.90. The summed E-state index contributed by atoms with van der Waals surface area (Å²) in [5.41, 5.74) is 2.48. The van der Waals surface area contributed by atoms with Crippen molar-refractivity contribution in [3.63, 3.8) is 0 Å². The number of nitrogens with one attached hydrogen (secondary N) is 1. The zero-order valence-corrected chi connectivity index (χ0v) is 18.3. The Morgan fingerprint density at radius 2 is 1.87 bits per heavy atom. The SMILES string of the molecule is O=C(CSc1nc(=O)n(CCN2CCOCC2)c2c1CCCC2)Nc1ccc(F)cc1. The van der Waals surface area contributed by atoms with Gasteiger partial charge in [-0.1, -0.05) is 11.8 Å². The minimum atomic E-state index is -0.350. The molecule has 0 spiro atoms. The Balaban J connectivity index is 1.44. The van der Waals surface area contributed by atoms with Gasteiger partial charge in [-0.15, -0.1) is 0 Å². The number of fused-ring (bicyclic) bond motifs is 1. The molecule has 7 nitrogen and oxygen atoms in total. The number of hydrogen-bond donors (Lipinski definition) is 1. The quantitative estimate of drug-likeness (QED) is 0.520. The molecule has 1 amide bonds. The number of amides is 1. The minimum Gasteiger partial charge on any atom is -0.379 e. The third-order valence-corrected chi connectivity index (χ3v) is 6.68. The number of thioether (sulfide) groups is 1. The molecular formula is C22H27FN4O3S. The second kappa shape index (κ2) is 10.4. The zero-order valence-electron chi connectivity index (χ0n) is 17.4. The molecule has 166 valence electrons. The summed E-state index contributed by atoms with van der Waals surface area (Å²) in [6, 6.07) is 5.65. The van der Waals surface area contributed by atoms with E-state index in [1.54, 1.807) is 0 Å². The first kappa shape index (κ1) is 22.0. The first-order valence-electron chi connectivity index (χ1n) is 10.7. The normalized spacial score (nSPS) is 16.7. The van der Waals surface area contributed by atoms with E-state index in [-0.39, 0.29) is 23.2 Å². The number of aromatic nitrogens is 2. The molecule has 0 bridgehead atoms. The number of carbonyl (C=O) groups excluding carboxylic acids is 1. The summed E-state index contributed by atoms with van der Waals surface area (Å²) >= 11 is 1.30. The Kier molecular flexibility index (Phi) is 7.37. The number of carbonyl (C=O) groups is 1. The molecule has 1 N–H and O–H groups in total. The summed E-state index contributed by atoms with van der Waals surface area (Å²) in [6.45, 7) is 4.69. The topological polar surface area (TPSA) is 76.5 Å². The molecule has 0 atom stereocenters. The number of hydrogen-bond acceptors (Lipinski definition) is 6. The fraction of sp³-hybridized carbons (Fsp3) is 0.500. The molecule has 0 unspecified atom stereocenters. The van der Waals surface area contributed by atoms with Gasteiger partial charge in [-0.3, -0.25) is 14.3 Å². The summed E-state index contributed by atoms with van der Waals surface area (Å²) in [5, 5.41) is 3.41. The van der Waals surface area contributed by atoms with E-state index >= 15 is 0 Å². The summed E-state index contributed by atoms with van der Waals surface area (Å²) in [6.07, 6.45) is 3.86. The van der Waals surface area contributed by atoms with Crippen LogP contribution in [0, 0.1) is 5.82 Å². The van der Waals surface area contributed by atoms with Crippen LogP contribution in [0.15, 0.2) is 34.1 Å². The maximum atomic E-state index is 13.0. The lowest BCUT2D eigenvalue weighted by molar-refractivity contribution is -0.113. The number of nitrogens with zero attached hydrogens (tertiary/aromatic N) is 3. The standard InChI is InChI=1S/C22H27FN4O3S/c23-16-5-7-17(8-6-16)24-20(28)15-31-21-18-3-1-2-4-19(18)27(22(29)25-21)10-9-26-11-13-30-14-12-26/h5-8H,1-4,9-15H2,(H,24,28). The molecule has 2 aromatic rings. The van der Waals surface area contributed by atoms with Crippen LogP contribution < -0.4 is 11.0 Å². The van der Waals surface area contributed by atoms with Gasteiger partial charge in [0.15, 0.2) is 0 Å². The average molecular weight is 447 g/mol. The van der Waals surface area contributed by atoms with Crippen LogP contribution in [0.1, 0.15) is 24.1 Å². The van der Waals surface area contributed by atoms with E-state index in [0.29, 0.717) is 17.3 Å². The van der Waals surface area contributed by atoms with Crippen LogP contribution in [0.25, 0.3) is 0 Å². The number of halogens is 1. The Morgan fingerprint density at radius 1 is 1.13 bits per heavy atom. The van der Waals surface area contributed by atoms with E-state index in [9.17, 15) is 14.0 Å². The van der Waals surface area contributed by atoms with Crippen molar-refractivity contribution in [3.05, 3.63) is 51.8 Å². The van der Waals surface area contributed by atoms with E-state index < -0.39 is 0 Å². The maximum Gasteiger partial charge on any atom is 0.348 e. The maximum absolute atomic E-state index is 13.0. The number of morpholine rings is 1. The van der Waals surface area contributed by atoms with Crippen molar-refractivity contribution in [2.24, 2.45) is 0 Å². The molecule has 2 heterocycles. The fourth-order valence-electron chi connectivity index (χ4n) is 4.03. The molecule has 0 radical (unpaired) electrons. The molecule has 1 saturated heterocycles. The van der Waals surface area contributed by atoms with E-state index in [4.69, 9.17) is 4.74 Å². The lowest BCUT2D eigenvalue weighted by Crippen LogP contribution is -2.40. The largest absolute Gasteiger partial charge is 0.379 e. The van der Waals surface area contributed by atoms with Gasteiger partial charge >= 0.3 is 5.69 Å². The molecule has 4 rings (SSSR count). The van der Waals surface area contributed by atoms with Crippen LogP contribution in [-0.4, -0.2) is 59.0 Å². The number of benzene rings is 1. The molecule has 2 aliphatic rings. The molecule has 1 aromatic carbocycles. The Hall–Kier alpha value is -2.23. The van der Waals surface area contributed by atoms with Crippen LogP contribution in [0.4, 0.5) is 10.1 Å². The smallest absolute Gasteiger partial charge is 0.348 e. The predicted octanol–water partition coefficient (Wildman–Crippen LogP) is 2.32. The van der Waals surface area contributed by atoms with Crippen molar-refractivity contribution in [1.29, 1.82) is 0 Å². The van der Waals surface area contributed by atoms with Crippen molar-refractivity contribution in [3.8, 4) is 0 Å². The van der Waals surface area contributed by atoms with Gasteiger partial charge in [0.05, 0.1) is 19.0 Å². The van der Waals surface area contributed by atoms with Crippen LogP contribution in [0.5, 0.6) is 0 Å². The Labute approximate surface area is 185 Å². The van der Waals surface area contributed by atoms with Gasteiger partial charge in [-0.05, 0) is 49.9 Å². The molecule has 31 heavy (non-hydrogen) atoms. The third-order valence-electron chi connectivity index (χ3n) is 5.66. The van der Waals surface area contributed by atoms with E-state index in [1.165, 1.54) is 36.0 Å². The van der Waals surface area contributed by atoms with Gasteiger partial charge in [-0.2, -0.15) is 4.98 Å². The molecular weight excluding hydrogens is 419 g/mol. The molecule has 1 fully saturated rings. The monoisotopic (exact) mass is 446 g/mol. The second-order valence-electron chi connectivity index (χ2n) is 7.78. The summed E-state index contributed by atoms with van der Waals surface area (Å²) in [7, 11) is 0. The highest BCUT2D eigenvalue weighted by Crippen LogP contribution is 2.28. The Morgan fingerprint density at radius 3 is 2.65 bits per heavy atom. The van der Waals surface area contributed by atoms with Crippen molar-refractivity contribution < 1.29 is 13.9 Å². The molecule has 1 aliphatic heterocycles. The number of ether oxygens (including phenoxy) is 1. The van der Waals surface area contributed by atoms with Crippen LogP contribution >= 0.6 is 11.8 Å². The van der Waals surface area contributed by atoms with Gasteiger partial charge in [0.1, 0.15) is 10.8 Å². The van der Waals surface area contributed by atoms with Crippen molar-refractivity contribution >= 4 is 23.4 Å². The lowest BCUT2D eigenvalue weighted by Gasteiger charge is -2.28. The van der Waals surface area contributed by atoms with E-state index in [2.05, 4.69) is 15.2 Å². The molecule has 9 heteroatoms. The Bertz CT molecular complexity index is 974. The minimum absolute atomic E-state index is 0.147. The van der Waals surface area contributed by atoms with Gasteiger partial charge in [-0.25, -0.2) is 9.18 Å². The van der Waals surface area contributed by atoms with E-state index in [1.807, 2.05) is 4.57 Å². The van der Waals surface area contributed by atoms with Crippen LogP contribution in [-0.2, 0) is 28.9 Å². The number of anilines is 1. The highest BCUT2D eigenvalue weighted by molar-refractivity contribution is 8.00. The van der Waals surface area contributed by atoms with Crippen LogP contribution in [0.3, 0.4) is 0 Å². The summed E-state index contributed by atoms with van der Waals surface area (Å²) in [4.78, 5) is 31.8. The zero-order chi connectivity index (χ0) is 21.6. The second-order valence-corrected chi connectivity index (χ2v) is 8.75. The average Bonchev–Trinajstić information content (AvgIpc) is 2.79. The van der Waals surface area contributed by atoms with Crippen LogP contribution in [0.2, 0.25) is 0 Å². The van der Waals surface area contributed by atoms with Crippen molar-refractivity contribution in [2.45, 2.75) is 37.3 Å². The van der Waals surface area contributed by atoms with Crippen molar-refractivity contribution in [1.82, 2.24) is 14.5 Å². The lowest BCUT2D eigenvalue weighted by atomic mass is 9.97. The predicted molar refractivity (Wildman–Crippen MR) is 118 cm³/mol. The van der Waals surface area contributed by atoms with Gasteiger partial charge in [0.2, 0.25) is 5.91 Å². The molecule has 0 saturated carbocycles. The number of rotatable bonds is 7. The van der Waals surface area contributed by atoms with Gasteiger partial charge in [0, 0.05) is 43.1 Å². The first-order valence-corrected chi connectivity index (χ1v) is 11.7. The summed E-state index contributed by atoms with van der Waals surface area (Å²) < 4.78 is 20.2. The first-order chi connectivity index (χ1) is 15.1. The van der Waals surface area contributed by atoms with Gasteiger partial charge < -0.3 is 10.1 Å². The summed E-state index contributed by atoms with van der Waals surface area (Å²) in [5.74, 6) is -0.412. The highest BCUT2D eigenvalue weighted by atomic mass is 32.2. The van der Waals surface area contributed by atoms with Gasteiger partial charge in [0.25, 0.3) is 0 Å². The molecule has 1 aromatic heterocycles. The van der Waals surface area contributed by atoms with Crippen molar-refractivity contribution in [2.75, 3.05) is 43.9 Å². The highest BCUT2D eigenvalue weighted by Gasteiger charge is 2.22. The third kappa shape index (κ3) is 5.72.